The third kappa shape index (κ3) is 2.32. The molecular formula is C14H18N4OS. The van der Waals surface area contributed by atoms with Gasteiger partial charge in [0.15, 0.2) is 0 Å². The van der Waals surface area contributed by atoms with E-state index in [1.807, 2.05) is 20.8 Å². The predicted molar refractivity (Wildman–Crippen MR) is 78.1 cm³/mol. The molecule has 2 aromatic rings. The van der Waals surface area contributed by atoms with Crippen molar-refractivity contribution in [3.63, 3.8) is 0 Å². The molecule has 1 saturated carbocycles. The third-order valence-corrected chi connectivity index (χ3v) is 5.15. The van der Waals surface area contributed by atoms with Crippen LogP contribution in [0, 0.1) is 20.8 Å². The maximum atomic E-state index is 11.9. The van der Waals surface area contributed by atoms with Crippen LogP contribution in [0.25, 0.3) is 5.78 Å². The van der Waals surface area contributed by atoms with Crippen LogP contribution in [0.3, 0.4) is 0 Å². The first-order valence-corrected chi connectivity index (χ1v) is 7.84. The highest BCUT2D eigenvalue weighted by atomic mass is 32.2. The maximum Gasteiger partial charge on any atom is 0.253 e. The molecule has 2 aromatic heterocycles. The minimum Gasteiger partial charge on any atom is -0.298 e. The number of nitrogens with zero attached hydrogens (tertiary/aromatic N) is 4. The summed E-state index contributed by atoms with van der Waals surface area (Å²) in [6.07, 6.45) is 3.77. The van der Waals surface area contributed by atoms with E-state index in [0.29, 0.717) is 23.1 Å². The number of aromatic nitrogens is 4. The summed E-state index contributed by atoms with van der Waals surface area (Å²) in [5.74, 6) is 0.952. The first kappa shape index (κ1) is 13.5. The van der Waals surface area contributed by atoms with Gasteiger partial charge in [0, 0.05) is 17.8 Å². The van der Waals surface area contributed by atoms with Crippen LogP contribution >= 0.6 is 11.8 Å². The second-order valence-corrected chi connectivity index (χ2v) is 6.50. The van der Waals surface area contributed by atoms with Crippen LogP contribution in [0.2, 0.25) is 0 Å². The molecule has 2 heterocycles. The van der Waals surface area contributed by atoms with E-state index in [2.05, 4.69) is 15.1 Å². The number of carbonyl (C=O) groups is 1. The van der Waals surface area contributed by atoms with Gasteiger partial charge in [-0.05, 0) is 39.2 Å². The molecule has 0 aromatic carbocycles. The highest BCUT2D eigenvalue weighted by Crippen LogP contribution is 2.30. The number of fused-ring (bicyclic) bond motifs is 1. The van der Waals surface area contributed by atoms with Crippen LogP contribution in [0.1, 0.15) is 42.6 Å². The zero-order valence-electron chi connectivity index (χ0n) is 12.0. The van der Waals surface area contributed by atoms with Gasteiger partial charge in [-0.15, -0.1) is 5.10 Å². The van der Waals surface area contributed by atoms with Crippen LogP contribution in [0.5, 0.6) is 0 Å². The van der Waals surface area contributed by atoms with Crippen molar-refractivity contribution < 1.29 is 4.79 Å². The zero-order valence-corrected chi connectivity index (χ0v) is 12.8. The molecule has 0 bridgehead atoms. The van der Waals surface area contributed by atoms with Gasteiger partial charge in [-0.1, -0.05) is 18.2 Å². The smallest absolute Gasteiger partial charge is 0.253 e. The molecule has 6 heteroatoms. The zero-order chi connectivity index (χ0) is 14.3. The van der Waals surface area contributed by atoms with E-state index in [1.165, 1.54) is 11.8 Å². The summed E-state index contributed by atoms with van der Waals surface area (Å²) in [6.45, 7) is 6.04. The fourth-order valence-corrected chi connectivity index (χ4v) is 3.54. The number of Topliss-reactive ketones (excluding diaryl/α,β-unsaturated/α-hetero) is 1. The maximum absolute atomic E-state index is 11.9. The van der Waals surface area contributed by atoms with Crippen LogP contribution in [0.4, 0.5) is 0 Å². The number of aryl methyl sites for hydroxylation is 2. The van der Waals surface area contributed by atoms with Crippen molar-refractivity contribution in [2.45, 2.75) is 56.9 Å². The molecule has 1 aliphatic rings. The third-order valence-electron chi connectivity index (χ3n) is 3.99. The number of rotatable bonds is 2. The summed E-state index contributed by atoms with van der Waals surface area (Å²) in [7, 11) is 0. The van der Waals surface area contributed by atoms with Crippen molar-refractivity contribution in [3.05, 3.63) is 17.0 Å². The lowest BCUT2D eigenvalue weighted by molar-refractivity contribution is -0.119. The summed E-state index contributed by atoms with van der Waals surface area (Å²) in [6, 6.07) is 0. The second kappa shape index (κ2) is 5.16. The predicted octanol–water partition coefficient (Wildman–Crippen LogP) is 2.65. The van der Waals surface area contributed by atoms with Crippen molar-refractivity contribution in [2.75, 3.05) is 0 Å². The first-order chi connectivity index (χ1) is 9.56. The van der Waals surface area contributed by atoms with Gasteiger partial charge in [-0.25, -0.2) is 9.50 Å². The molecule has 5 nitrogen and oxygen atoms in total. The molecule has 1 fully saturated rings. The second-order valence-electron chi connectivity index (χ2n) is 5.33. The van der Waals surface area contributed by atoms with E-state index in [-0.39, 0.29) is 5.25 Å². The van der Waals surface area contributed by atoms with Crippen molar-refractivity contribution in [1.29, 1.82) is 0 Å². The lowest BCUT2D eigenvalue weighted by atomic mass is 9.99. The average Bonchev–Trinajstić information content (AvgIpc) is 2.82. The van der Waals surface area contributed by atoms with Gasteiger partial charge in [-0.2, -0.15) is 4.98 Å². The van der Waals surface area contributed by atoms with Gasteiger partial charge in [0.05, 0.1) is 5.25 Å². The van der Waals surface area contributed by atoms with Gasteiger partial charge < -0.3 is 0 Å². The molecular weight excluding hydrogens is 272 g/mol. The van der Waals surface area contributed by atoms with Crippen LogP contribution in [-0.2, 0) is 4.79 Å². The van der Waals surface area contributed by atoms with Crippen LogP contribution in [-0.4, -0.2) is 30.6 Å². The fourth-order valence-electron chi connectivity index (χ4n) is 2.49. The minimum atomic E-state index is 0.0173. The Morgan fingerprint density at radius 3 is 2.75 bits per heavy atom. The molecule has 3 rings (SSSR count). The van der Waals surface area contributed by atoms with E-state index in [0.717, 1.165) is 36.2 Å². The molecule has 0 spiro atoms. The van der Waals surface area contributed by atoms with Crippen LogP contribution < -0.4 is 0 Å². The molecule has 0 N–H and O–H groups in total. The number of ketones is 1. The summed E-state index contributed by atoms with van der Waals surface area (Å²) in [5, 5.41) is 5.17. The molecule has 0 radical (unpaired) electrons. The molecule has 0 saturated heterocycles. The Labute approximate surface area is 122 Å². The number of thioether (sulfide) groups is 1. The van der Waals surface area contributed by atoms with E-state index in [9.17, 15) is 4.79 Å². The molecule has 20 heavy (non-hydrogen) atoms. The highest BCUT2D eigenvalue weighted by Gasteiger charge is 2.25. The lowest BCUT2D eigenvalue weighted by Crippen LogP contribution is -2.21. The van der Waals surface area contributed by atoms with Gasteiger partial charge in [-0.3, -0.25) is 4.79 Å². The summed E-state index contributed by atoms with van der Waals surface area (Å²) < 4.78 is 1.78. The average molecular weight is 290 g/mol. The Morgan fingerprint density at radius 1 is 1.20 bits per heavy atom. The first-order valence-electron chi connectivity index (χ1n) is 6.96. The molecule has 1 aliphatic carbocycles. The van der Waals surface area contributed by atoms with E-state index < -0.39 is 0 Å². The van der Waals surface area contributed by atoms with Crippen molar-refractivity contribution >= 4 is 23.3 Å². The molecule has 1 atom stereocenters. The standard InChI is InChI=1S/C14H18N4OS/c1-8-9(2)15-13-16-14(17-18(13)10(8)3)20-12-7-5-4-6-11(12)19/h12H,4-7H2,1-3H3. The topological polar surface area (TPSA) is 60.2 Å². The Morgan fingerprint density at radius 2 is 2.00 bits per heavy atom. The number of carbonyl (C=O) groups excluding carboxylic acids is 1. The molecule has 106 valence electrons. The van der Waals surface area contributed by atoms with Gasteiger partial charge >= 0.3 is 0 Å². The Kier molecular flexibility index (Phi) is 3.50. The van der Waals surface area contributed by atoms with Crippen LogP contribution in [0.15, 0.2) is 5.16 Å². The Hall–Kier alpha value is -1.43. The SMILES string of the molecule is Cc1nc2nc(SC3CCCCC3=O)nn2c(C)c1C. The number of hydrogen-bond acceptors (Lipinski definition) is 5. The normalized spacial score (nSPS) is 19.8. The van der Waals surface area contributed by atoms with E-state index in [1.54, 1.807) is 4.52 Å². The lowest BCUT2D eigenvalue weighted by Gasteiger charge is -2.17. The van der Waals surface area contributed by atoms with Gasteiger partial charge in [0.1, 0.15) is 5.78 Å². The van der Waals surface area contributed by atoms with E-state index >= 15 is 0 Å². The Balaban J connectivity index is 1.93. The van der Waals surface area contributed by atoms with Gasteiger partial charge in [0.25, 0.3) is 5.78 Å². The Bertz CT molecular complexity index is 679. The largest absolute Gasteiger partial charge is 0.298 e. The summed E-state index contributed by atoms with van der Waals surface area (Å²) in [5.41, 5.74) is 3.17. The molecule has 1 unspecified atom stereocenters. The fraction of sp³-hybridized carbons (Fsp3) is 0.571. The molecule has 0 amide bonds. The molecule has 0 aliphatic heterocycles. The quantitative estimate of drug-likeness (QED) is 0.851. The van der Waals surface area contributed by atoms with Crippen molar-refractivity contribution in [2.24, 2.45) is 0 Å². The van der Waals surface area contributed by atoms with Gasteiger partial charge in [0.2, 0.25) is 5.16 Å². The minimum absolute atomic E-state index is 0.0173. The highest BCUT2D eigenvalue weighted by molar-refractivity contribution is 8.00. The summed E-state index contributed by atoms with van der Waals surface area (Å²) in [4.78, 5) is 20.8. The monoisotopic (exact) mass is 290 g/mol. The summed E-state index contributed by atoms with van der Waals surface area (Å²) >= 11 is 1.49. The van der Waals surface area contributed by atoms with Crippen molar-refractivity contribution in [3.8, 4) is 0 Å². The number of hydrogen-bond donors (Lipinski definition) is 0. The van der Waals surface area contributed by atoms with Crippen molar-refractivity contribution in [1.82, 2.24) is 19.6 Å². The van der Waals surface area contributed by atoms with E-state index in [4.69, 9.17) is 0 Å².